The Hall–Kier alpha value is -1.66. The first-order valence-corrected chi connectivity index (χ1v) is 7.78. The van der Waals surface area contributed by atoms with E-state index in [4.69, 9.17) is 9.47 Å². The number of carbonyl (C=O) groups excluding carboxylic acids is 2. The molecule has 1 aliphatic heterocycles. The lowest BCUT2D eigenvalue weighted by Gasteiger charge is -2.34. The lowest BCUT2D eigenvalue weighted by molar-refractivity contribution is -0.148. The van der Waals surface area contributed by atoms with Gasteiger partial charge in [-0.2, -0.15) is 0 Å². The van der Waals surface area contributed by atoms with Crippen molar-refractivity contribution in [2.45, 2.75) is 50.6 Å². The van der Waals surface area contributed by atoms with Crippen molar-refractivity contribution in [3.63, 3.8) is 0 Å². The van der Waals surface area contributed by atoms with Gasteiger partial charge in [-0.3, -0.25) is 4.79 Å². The fourth-order valence-corrected chi connectivity index (χ4v) is 4.57. The molecule has 0 aromatic heterocycles. The van der Waals surface area contributed by atoms with Crippen molar-refractivity contribution >= 4 is 11.9 Å². The predicted molar refractivity (Wildman–Crippen MR) is 80.0 cm³/mol. The van der Waals surface area contributed by atoms with Gasteiger partial charge in [0.25, 0.3) is 0 Å². The fraction of sp³-hybridized carbons (Fsp3) is 0.647. The molecule has 3 rings (SSSR count). The second kappa shape index (κ2) is 5.18. The maximum atomic E-state index is 11.8. The van der Waals surface area contributed by atoms with Crippen LogP contribution >= 0.6 is 0 Å². The molecule has 1 saturated heterocycles. The number of hydrogen-bond acceptors (Lipinski definition) is 6. The monoisotopic (exact) mass is 322 g/mol. The molecule has 7 atom stereocenters. The highest BCUT2D eigenvalue weighted by atomic mass is 16.6. The van der Waals surface area contributed by atoms with Gasteiger partial charge in [-0.15, -0.1) is 0 Å². The van der Waals surface area contributed by atoms with Crippen molar-refractivity contribution in [3.05, 3.63) is 24.3 Å². The van der Waals surface area contributed by atoms with Crippen molar-refractivity contribution in [1.82, 2.24) is 0 Å². The standard InChI is InChI=1S/C17H22O6/c1-7-5-10-13(8(2)16(20)23-10)15(19)14-12(7)11(22-9(3)18)6-17(14,4)21/h10-15,19,21H,1-2,5-6H2,3-4H3. The zero-order valence-corrected chi connectivity index (χ0v) is 13.3. The Bertz CT molecular complexity index is 592. The van der Waals surface area contributed by atoms with E-state index in [0.717, 1.165) is 0 Å². The molecule has 6 heteroatoms. The molecule has 2 aliphatic carbocycles. The Morgan fingerprint density at radius 1 is 1.39 bits per heavy atom. The zero-order chi connectivity index (χ0) is 17.1. The van der Waals surface area contributed by atoms with Crippen molar-refractivity contribution in [2.75, 3.05) is 0 Å². The summed E-state index contributed by atoms with van der Waals surface area (Å²) in [5, 5.41) is 21.7. The molecule has 0 aromatic carbocycles. The molecule has 2 saturated carbocycles. The van der Waals surface area contributed by atoms with Crippen LogP contribution in [0, 0.1) is 17.8 Å². The quantitative estimate of drug-likeness (QED) is 0.420. The molecule has 1 heterocycles. The first-order chi connectivity index (χ1) is 10.6. The summed E-state index contributed by atoms with van der Waals surface area (Å²) in [5.41, 5.74) is -0.302. The minimum absolute atomic E-state index is 0.219. The first-order valence-electron chi connectivity index (χ1n) is 7.78. The van der Waals surface area contributed by atoms with Crippen LogP contribution in [-0.4, -0.2) is 46.1 Å². The number of fused-ring (bicyclic) bond motifs is 2. The van der Waals surface area contributed by atoms with E-state index in [1.54, 1.807) is 6.92 Å². The van der Waals surface area contributed by atoms with Gasteiger partial charge in [0.2, 0.25) is 0 Å². The van der Waals surface area contributed by atoms with E-state index in [0.29, 0.717) is 12.0 Å². The maximum absolute atomic E-state index is 11.8. The highest BCUT2D eigenvalue weighted by molar-refractivity contribution is 5.91. The van der Waals surface area contributed by atoms with Crippen molar-refractivity contribution in [3.8, 4) is 0 Å². The van der Waals surface area contributed by atoms with E-state index in [9.17, 15) is 19.8 Å². The molecule has 6 nitrogen and oxygen atoms in total. The minimum Gasteiger partial charge on any atom is -0.462 e. The zero-order valence-electron chi connectivity index (χ0n) is 13.3. The maximum Gasteiger partial charge on any atom is 0.334 e. The number of carbonyl (C=O) groups is 2. The van der Waals surface area contributed by atoms with Crippen LogP contribution < -0.4 is 0 Å². The summed E-state index contributed by atoms with van der Waals surface area (Å²) < 4.78 is 10.7. The summed E-state index contributed by atoms with van der Waals surface area (Å²) >= 11 is 0. The number of hydrogen-bond donors (Lipinski definition) is 2. The van der Waals surface area contributed by atoms with Gasteiger partial charge < -0.3 is 19.7 Å². The Balaban J connectivity index is 2.01. The van der Waals surface area contributed by atoms with Gasteiger partial charge in [0.05, 0.1) is 17.6 Å². The Labute approximate surface area is 134 Å². The van der Waals surface area contributed by atoms with Crippen LogP contribution in [-0.2, 0) is 19.1 Å². The number of aliphatic hydroxyl groups is 2. The van der Waals surface area contributed by atoms with E-state index in [2.05, 4.69) is 13.2 Å². The average Bonchev–Trinajstić information content (AvgIpc) is 2.77. The summed E-state index contributed by atoms with van der Waals surface area (Å²) in [5.74, 6) is -2.49. The molecule has 3 aliphatic rings. The van der Waals surface area contributed by atoms with Crippen LogP contribution in [0.5, 0.6) is 0 Å². The molecule has 3 fully saturated rings. The third kappa shape index (κ3) is 2.40. The summed E-state index contributed by atoms with van der Waals surface area (Å²) in [6, 6.07) is 0. The van der Waals surface area contributed by atoms with E-state index >= 15 is 0 Å². The van der Waals surface area contributed by atoms with Gasteiger partial charge in [0, 0.05) is 37.2 Å². The van der Waals surface area contributed by atoms with E-state index in [1.807, 2.05) is 0 Å². The predicted octanol–water partition coefficient (Wildman–Crippen LogP) is 0.724. The number of ether oxygens (including phenoxy) is 2. The van der Waals surface area contributed by atoms with Crippen LogP contribution in [0.4, 0.5) is 0 Å². The van der Waals surface area contributed by atoms with Gasteiger partial charge in [0.1, 0.15) is 12.2 Å². The summed E-state index contributed by atoms with van der Waals surface area (Å²) in [4.78, 5) is 23.1. The molecule has 0 bridgehead atoms. The highest BCUT2D eigenvalue weighted by Crippen LogP contribution is 2.53. The van der Waals surface area contributed by atoms with E-state index < -0.39 is 47.7 Å². The molecule has 7 unspecified atom stereocenters. The smallest absolute Gasteiger partial charge is 0.334 e. The Morgan fingerprint density at radius 2 is 2.04 bits per heavy atom. The van der Waals surface area contributed by atoms with E-state index in [1.165, 1.54) is 6.92 Å². The SMILES string of the molecule is C=C1C(=O)OC2CC(=C)C3C(OC(C)=O)CC(C)(O)C3C(O)C12. The molecule has 126 valence electrons. The Kier molecular flexibility index (Phi) is 3.65. The fourth-order valence-electron chi connectivity index (χ4n) is 4.57. The van der Waals surface area contributed by atoms with Gasteiger partial charge in [0.15, 0.2) is 0 Å². The highest BCUT2D eigenvalue weighted by Gasteiger charge is 2.61. The van der Waals surface area contributed by atoms with Crippen molar-refractivity contribution in [1.29, 1.82) is 0 Å². The number of esters is 2. The molecule has 23 heavy (non-hydrogen) atoms. The van der Waals surface area contributed by atoms with Crippen molar-refractivity contribution in [2.24, 2.45) is 17.8 Å². The third-order valence-electron chi connectivity index (χ3n) is 5.43. The first kappa shape index (κ1) is 16.2. The number of aliphatic hydroxyl groups excluding tert-OH is 1. The topological polar surface area (TPSA) is 93.1 Å². The van der Waals surface area contributed by atoms with Gasteiger partial charge in [-0.05, 0) is 6.92 Å². The lowest BCUT2D eigenvalue weighted by Crippen LogP contribution is -2.44. The van der Waals surface area contributed by atoms with Crippen LogP contribution in [0.2, 0.25) is 0 Å². The Morgan fingerprint density at radius 3 is 2.65 bits per heavy atom. The minimum atomic E-state index is -1.24. The molecule has 2 N–H and O–H groups in total. The second-order valence-electron chi connectivity index (χ2n) is 7.11. The molecular weight excluding hydrogens is 300 g/mol. The normalized spacial score (nSPS) is 46.0. The van der Waals surface area contributed by atoms with Gasteiger partial charge >= 0.3 is 11.9 Å². The molecule has 0 radical (unpaired) electrons. The van der Waals surface area contributed by atoms with Crippen LogP contribution in [0.1, 0.15) is 26.7 Å². The van der Waals surface area contributed by atoms with Crippen molar-refractivity contribution < 1.29 is 29.3 Å². The van der Waals surface area contributed by atoms with Gasteiger partial charge in [-0.25, -0.2) is 4.79 Å². The molecule has 0 spiro atoms. The molecule has 0 aromatic rings. The molecular formula is C17H22O6. The molecule has 0 amide bonds. The number of rotatable bonds is 1. The third-order valence-corrected chi connectivity index (χ3v) is 5.43. The van der Waals surface area contributed by atoms with Crippen LogP contribution in [0.15, 0.2) is 24.3 Å². The summed E-state index contributed by atoms with van der Waals surface area (Å²) in [6.45, 7) is 10.7. The van der Waals surface area contributed by atoms with Gasteiger partial charge in [-0.1, -0.05) is 18.7 Å². The largest absolute Gasteiger partial charge is 0.462 e. The summed E-state index contributed by atoms with van der Waals surface area (Å²) in [6.07, 6.45) is -1.51. The van der Waals surface area contributed by atoms with Crippen LogP contribution in [0.25, 0.3) is 0 Å². The van der Waals surface area contributed by atoms with E-state index in [-0.39, 0.29) is 17.9 Å². The lowest BCUT2D eigenvalue weighted by atomic mass is 9.76. The average molecular weight is 322 g/mol. The van der Waals surface area contributed by atoms with Crippen LogP contribution in [0.3, 0.4) is 0 Å². The summed E-state index contributed by atoms with van der Waals surface area (Å²) in [7, 11) is 0. The second-order valence-corrected chi connectivity index (χ2v) is 7.11.